The maximum atomic E-state index is 5.63. The van der Waals surface area contributed by atoms with Gasteiger partial charge in [-0.1, -0.05) is 11.6 Å². The molecule has 1 aliphatic rings. The Hall–Kier alpha value is -0.870. The average Bonchev–Trinajstić information content (AvgIpc) is 2.62. The van der Waals surface area contributed by atoms with Crippen LogP contribution in [0.4, 0.5) is 0 Å². The lowest BCUT2D eigenvalue weighted by atomic mass is 10.1. The predicted octanol–water partition coefficient (Wildman–Crippen LogP) is 1.43. The molecule has 84 valence electrons. The molecule has 1 saturated heterocycles. The molecule has 15 heavy (non-hydrogen) atoms. The van der Waals surface area contributed by atoms with Gasteiger partial charge in [-0.2, -0.15) is 0 Å². The summed E-state index contributed by atoms with van der Waals surface area (Å²) < 4.78 is 5.17. The van der Waals surface area contributed by atoms with Gasteiger partial charge < -0.3 is 10.3 Å². The topological polar surface area (TPSA) is 55.3 Å². The second-order valence-electron chi connectivity index (χ2n) is 4.20. The standard InChI is InChI=1S/C11H19N3O/c1-9-10(11(7-12)13-15-9)8-14-5-3-2-4-6-14/h2-8,12H2,1H3. The highest BCUT2D eigenvalue weighted by Gasteiger charge is 2.16. The predicted molar refractivity (Wildman–Crippen MR) is 58.3 cm³/mol. The van der Waals surface area contributed by atoms with Crippen molar-refractivity contribution in [2.24, 2.45) is 5.73 Å². The third-order valence-electron chi connectivity index (χ3n) is 3.09. The number of aromatic nitrogens is 1. The number of hydrogen-bond donors (Lipinski definition) is 1. The van der Waals surface area contributed by atoms with Crippen LogP contribution < -0.4 is 5.73 Å². The Kier molecular flexibility index (Phi) is 3.38. The van der Waals surface area contributed by atoms with Crippen LogP contribution in [0.15, 0.2) is 4.52 Å². The number of likely N-dealkylation sites (tertiary alicyclic amines) is 1. The van der Waals surface area contributed by atoms with E-state index in [1.807, 2.05) is 6.92 Å². The fourth-order valence-corrected chi connectivity index (χ4v) is 2.14. The molecule has 4 heteroatoms. The maximum Gasteiger partial charge on any atom is 0.138 e. The van der Waals surface area contributed by atoms with Gasteiger partial charge in [-0.25, -0.2) is 0 Å². The number of rotatable bonds is 3. The molecule has 1 aliphatic heterocycles. The van der Waals surface area contributed by atoms with Gasteiger partial charge in [0.1, 0.15) is 11.5 Å². The molecule has 0 aromatic carbocycles. The fraction of sp³-hybridized carbons (Fsp3) is 0.727. The van der Waals surface area contributed by atoms with E-state index >= 15 is 0 Å². The molecule has 0 bridgehead atoms. The van der Waals surface area contributed by atoms with E-state index in [4.69, 9.17) is 10.3 Å². The molecule has 0 atom stereocenters. The van der Waals surface area contributed by atoms with Crippen molar-refractivity contribution in [1.29, 1.82) is 0 Å². The van der Waals surface area contributed by atoms with E-state index in [0.717, 1.165) is 18.0 Å². The van der Waals surface area contributed by atoms with E-state index in [1.54, 1.807) is 0 Å². The van der Waals surface area contributed by atoms with Crippen LogP contribution >= 0.6 is 0 Å². The number of nitrogens with two attached hydrogens (primary N) is 1. The molecule has 4 nitrogen and oxygen atoms in total. The van der Waals surface area contributed by atoms with Crippen molar-refractivity contribution >= 4 is 0 Å². The monoisotopic (exact) mass is 209 g/mol. The van der Waals surface area contributed by atoms with E-state index in [9.17, 15) is 0 Å². The zero-order valence-electron chi connectivity index (χ0n) is 9.33. The Bertz CT molecular complexity index is 316. The Morgan fingerprint density at radius 2 is 2.07 bits per heavy atom. The minimum absolute atomic E-state index is 0.473. The minimum atomic E-state index is 0.473. The highest BCUT2D eigenvalue weighted by Crippen LogP contribution is 2.18. The van der Waals surface area contributed by atoms with Crippen molar-refractivity contribution in [3.05, 3.63) is 17.0 Å². The molecular weight excluding hydrogens is 190 g/mol. The van der Waals surface area contributed by atoms with Crippen LogP contribution in [0.1, 0.15) is 36.3 Å². The third-order valence-corrected chi connectivity index (χ3v) is 3.09. The lowest BCUT2D eigenvalue weighted by Crippen LogP contribution is -2.29. The largest absolute Gasteiger partial charge is 0.361 e. The Labute approximate surface area is 90.4 Å². The van der Waals surface area contributed by atoms with Crippen LogP contribution in [-0.4, -0.2) is 23.1 Å². The van der Waals surface area contributed by atoms with Crippen molar-refractivity contribution in [3.8, 4) is 0 Å². The summed E-state index contributed by atoms with van der Waals surface area (Å²) in [6.45, 7) is 5.76. The second kappa shape index (κ2) is 4.77. The summed E-state index contributed by atoms with van der Waals surface area (Å²) in [5.41, 5.74) is 7.74. The summed E-state index contributed by atoms with van der Waals surface area (Å²) in [6.07, 6.45) is 3.98. The van der Waals surface area contributed by atoms with Crippen LogP contribution in [0.5, 0.6) is 0 Å². The summed E-state index contributed by atoms with van der Waals surface area (Å²) in [5, 5.41) is 3.97. The van der Waals surface area contributed by atoms with Gasteiger partial charge in [0.2, 0.25) is 0 Å². The zero-order valence-corrected chi connectivity index (χ0v) is 9.33. The lowest BCUT2D eigenvalue weighted by molar-refractivity contribution is 0.219. The van der Waals surface area contributed by atoms with E-state index in [-0.39, 0.29) is 0 Å². The van der Waals surface area contributed by atoms with Gasteiger partial charge in [-0.15, -0.1) is 0 Å². The van der Waals surface area contributed by atoms with Crippen molar-refractivity contribution in [2.75, 3.05) is 13.1 Å². The van der Waals surface area contributed by atoms with Gasteiger partial charge in [0.15, 0.2) is 0 Å². The molecule has 0 unspecified atom stereocenters. The molecule has 0 spiro atoms. The summed E-state index contributed by atoms with van der Waals surface area (Å²) in [6, 6.07) is 0. The van der Waals surface area contributed by atoms with Crippen LogP contribution in [-0.2, 0) is 13.1 Å². The first-order valence-electron chi connectivity index (χ1n) is 5.67. The molecule has 1 fully saturated rings. The van der Waals surface area contributed by atoms with Gasteiger partial charge in [-0.3, -0.25) is 4.90 Å². The van der Waals surface area contributed by atoms with Crippen LogP contribution in [0.3, 0.4) is 0 Å². The van der Waals surface area contributed by atoms with Crippen molar-refractivity contribution in [2.45, 2.75) is 39.3 Å². The first-order valence-corrected chi connectivity index (χ1v) is 5.67. The molecule has 2 N–H and O–H groups in total. The quantitative estimate of drug-likeness (QED) is 0.818. The first-order chi connectivity index (χ1) is 7.31. The number of hydrogen-bond acceptors (Lipinski definition) is 4. The minimum Gasteiger partial charge on any atom is -0.361 e. The molecule has 0 radical (unpaired) electrons. The molecule has 0 amide bonds. The summed E-state index contributed by atoms with van der Waals surface area (Å²) >= 11 is 0. The summed E-state index contributed by atoms with van der Waals surface area (Å²) in [7, 11) is 0. The Balaban J connectivity index is 2.04. The van der Waals surface area contributed by atoms with Gasteiger partial charge in [0.25, 0.3) is 0 Å². The molecule has 2 rings (SSSR count). The van der Waals surface area contributed by atoms with E-state index < -0.39 is 0 Å². The highest BCUT2D eigenvalue weighted by molar-refractivity contribution is 5.21. The van der Waals surface area contributed by atoms with E-state index in [0.29, 0.717) is 6.54 Å². The fourth-order valence-electron chi connectivity index (χ4n) is 2.14. The lowest BCUT2D eigenvalue weighted by Gasteiger charge is -2.26. The Morgan fingerprint density at radius 1 is 1.33 bits per heavy atom. The average molecular weight is 209 g/mol. The van der Waals surface area contributed by atoms with Gasteiger partial charge in [0.05, 0.1) is 0 Å². The molecule has 2 heterocycles. The van der Waals surface area contributed by atoms with Crippen molar-refractivity contribution < 1.29 is 4.52 Å². The van der Waals surface area contributed by atoms with Crippen LogP contribution in [0.25, 0.3) is 0 Å². The highest BCUT2D eigenvalue weighted by atomic mass is 16.5. The summed E-state index contributed by atoms with van der Waals surface area (Å²) in [5.74, 6) is 0.918. The number of nitrogens with zero attached hydrogens (tertiary/aromatic N) is 2. The molecule has 0 saturated carbocycles. The van der Waals surface area contributed by atoms with Crippen LogP contribution in [0, 0.1) is 6.92 Å². The normalized spacial score (nSPS) is 18.3. The number of piperidine rings is 1. The second-order valence-corrected chi connectivity index (χ2v) is 4.20. The van der Waals surface area contributed by atoms with Crippen molar-refractivity contribution in [1.82, 2.24) is 10.1 Å². The van der Waals surface area contributed by atoms with Gasteiger partial charge in [0, 0.05) is 18.7 Å². The maximum absolute atomic E-state index is 5.63. The molecule has 0 aliphatic carbocycles. The summed E-state index contributed by atoms with van der Waals surface area (Å²) in [4.78, 5) is 2.46. The third kappa shape index (κ3) is 2.38. The first kappa shape index (κ1) is 10.6. The van der Waals surface area contributed by atoms with Gasteiger partial charge in [-0.05, 0) is 32.9 Å². The molecule has 1 aromatic heterocycles. The van der Waals surface area contributed by atoms with E-state index in [1.165, 1.54) is 37.9 Å². The molecular formula is C11H19N3O. The Morgan fingerprint density at radius 3 is 2.73 bits per heavy atom. The molecule has 1 aromatic rings. The van der Waals surface area contributed by atoms with E-state index in [2.05, 4.69) is 10.1 Å². The van der Waals surface area contributed by atoms with Gasteiger partial charge >= 0.3 is 0 Å². The van der Waals surface area contributed by atoms with Crippen LogP contribution in [0.2, 0.25) is 0 Å². The zero-order chi connectivity index (χ0) is 10.7. The SMILES string of the molecule is Cc1onc(CN)c1CN1CCCCC1. The number of aryl methyl sites for hydroxylation is 1. The smallest absolute Gasteiger partial charge is 0.138 e. The van der Waals surface area contributed by atoms with Crippen molar-refractivity contribution in [3.63, 3.8) is 0 Å².